The van der Waals surface area contributed by atoms with Gasteiger partial charge in [-0.1, -0.05) is 36.4 Å². The lowest BCUT2D eigenvalue weighted by molar-refractivity contribution is -0.123. The Hall–Kier alpha value is -4.21. The van der Waals surface area contributed by atoms with E-state index in [2.05, 4.69) is 15.4 Å². The van der Waals surface area contributed by atoms with Crippen LogP contribution in [0.3, 0.4) is 0 Å². The largest absolute Gasteiger partial charge is 0.405 e. The number of rotatable bonds is 5. The van der Waals surface area contributed by atoms with E-state index in [1.54, 1.807) is 29.8 Å². The van der Waals surface area contributed by atoms with Gasteiger partial charge in [0.2, 0.25) is 0 Å². The van der Waals surface area contributed by atoms with Crippen molar-refractivity contribution in [1.29, 1.82) is 0 Å². The van der Waals surface area contributed by atoms with Crippen molar-refractivity contribution >= 4 is 23.1 Å². The molecule has 168 valence electrons. The molecule has 0 saturated heterocycles. The van der Waals surface area contributed by atoms with Gasteiger partial charge >= 0.3 is 6.18 Å². The van der Waals surface area contributed by atoms with Gasteiger partial charge in [0.05, 0.1) is 11.9 Å². The molecule has 0 atom stereocenters. The van der Waals surface area contributed by atoms with E-state index in [9.17, 15) is 22.8 Å². The molecule has 0 saturated carbocycles. The maximum absolute atomic E-state index is 13.0. The molecule has 10 heteroatoms. The molecule has 0 bridgehead atoms. The monoisotopic (exact) mass is 453 g/mol. The fourth-order valence-electron chi connectivity index (χ4n) is 3.25. The highest BCUT2D eigenvalue weighted by Crippen LogP contribution is 2.23. The quantitative estimate of drug-likeness (QED) is 0.473. The number of hydrogen-bond acceptors (Lipinski definition) is 4. The van der Waals surface area contributed by atoms with Gasteiger partial charge < -0.3 is 10.6 Å². The molecule has 2 N–H and O–H groups in total. The van der Waals surface area contributed by atoms with Crippen LogP contribution in [0.2, 0.25) is 0 Å². The first-order valence-electron chi connectivity index (χ1n) is 9.88. The summed E-state index contributed by atoms with van der Waals surface area (Å²) >= 11 is 0. The number of carbonyl (C=O) groups is 2. The van der Waals surface area contributed by atoms with Crippen molar-refractivity contribution in [3.63, 3.8) is 0 Å². The smallest absolute Gasteiger partial charge is 0.343 e. The fourth-order valence-corrected chi connectivity index (χ4v) is 3.25. The number of nitrogens with one attached hydrogen (secondary N) is 2. The van der Waals surface area contributed by atoms with Gasteiger partial charge in [-0.25, -0.2) is 9.50 Å². The summed E-state index contributed by atoms with van der Waals surface area (Å²) in [5.41, 5.74) is 3.10. The van der Waals surface area contributed by atoms with Gasteiger partial charge in [-0.3, -0.25) is 9.59 Å². The summed E-state index contributed by atoms with van der Waals surface area (Å²) in [4.78, 5) is 29.3. The Bertz CT molecular complexity index is 1330. The van der Waals surface area contributed by atoms with Gasteiger partial charge in [0.15, 0.2) is 5.65 Å². The van der Waals surface area contributed by atoms with Crippen molar-refractivity contribution in [2.75, 3.05) is 11.9 Å². The number of aromatic nitrogens is 3. The highest BCUT2D eigenvalue weighted by atomic mass is 19.4. The van der Waals surface area contributed by atoms with E-state index in [0.29, 0.717) is 16.9 Å². The SMILES string of the molecule is Cc1ccc(C(=O)NCC(F)(F)F)cc1NC(=O)c1cnn2c(-c3ccccc3)ccnc12. The molecule has 2 aromatic heterocycles. The average molecular weight is 453 g/mol. The first-order chi connectivity index (χ1) is 15.7. The van der Waals surface area contributed by atoms with Gasteiger partial charge in [-0.15, -0.1) is 0 Å². The molecule has 2 amide bonds. The van der Waals surface area contributed by atoms with E-state index in [-0.39, 0.29) is 11.1 Å². The van der Waals surface area contributed by atoms with Crippen molar-refractivity contribution in [3.8, 4) is 11.3 Å². The van der Waals surface area contributed by atoms with E-state index in [1.165, 1.54) is 18.3 Å². The average Bonchev–Trinajstić information content (AvgIpc) is 3.23. The standard InChI is InChI=1S/C23H18F3N5O2/c1-14-7-8-16(21(32)28-13-23(24,25)26)11-18(14)30-22(33)17-12-29-31-19(9-10-27-20(17)31)15-5-3-2-4-6-15/h2-12H,13H2,1H3,(H,28,32)(H,30,33). The third-order valence-electron chi connectivity index (χ3n) is 4.91. The summed E-state index contributed by atoms with van der Waals surface area (Å²) in [6.45, 7) is 0.258. The number of amides is 2. The van der Waals surface area contributed by atoms with Gasteiger partial charge in [-0.2, -0.15) is 18.3 Å². The molecular formula is C23H18F3N5O2. The molecule has 0 spiro atoms. The molecule has 4 rings (SSSR count). The molecule has 33 heavy (non-hydrogen) atoms. The number of hydrogen-bond donors (Lipinski definition) is 2. The summed E-state index contributed by atoms with van der Waals surface area (Å²) < 4.78 is 38.7. The molecule has 0 radical (unpaired) electrons. The first kappa shape index (κ1) is 22.0. The van der Waals surface area contributed by atoms with Gasteiger partial charge in [0.25, 0.3) is 11.8 Å². The number of benzene rings is 2. The van der Waals surface area contributed by atoms with E-state index in [0.717, 1.165) is 11.3 Å². The van der Waals surface area contributed by atoms with Crippen LogP contribution in [0.25, 0.3) is 16.9 Å². The zero-order valence-corrected chi connectivity index (χ0v) is 17.3. The summed E-state index contributed by atoms with van der Waals surface area (Å²) in [7, 11) is 0. The van der Waals surface area contributed by atoms with E-state index in [4.69, 9.17) is 0 Å². The first-order valence-corrected chi connectivity index (χ1v) is 9.88. The zero-order chi connectivity index (χ0) is 23.6. The second-order valence-corrected chi connectivity index (χ2v) is 7.27. The van der Waals surface area contributed by atoms with E-state index < -0.39 is 24.5 Å². The lowest BCUT2D eigenvalue weighted by Gasteiger charge is -2.12. The lowest BCUT2D eigenvalue weighted by atomic mass is 10.1. The van der Waals surface area contributed by atoms with Crippen LogP contribution in [-0.2, 0) is 0 Å². The van der Waals surface area contributed by atoms with Crippen LogP contribution in [0.15, 0.2) is 67.0 Å². The van der Waals surface area contributed by atoms with E-state index >= 15 is 0 Å². The Morgan fingerprint density at radius 2 is 1.79 bits per heavy atom. The molecule has 0 aliphatic carbocycles. The fraction of sp³-hybridized carbons (Fsp3) is 0.130. The Morgan fingerprint density at radius 1 is 1.03 bits per heavy atom. The van der Waals surface area contributed by atoms with Crippen LogP contribution in [0.1, 0.15) is 26.3 Å². The molecule has 0 aliphatic rings. The second kappa shape index (κ2) is 8.73. The van der Waals surface area contributed by atoms with Crippen molar-refractivity contribution in [3.05, 3.63) is 83.7 Å². The Morgan fingerprint density at radius 3 is 2.52 bits per heavy atom. The number of fused-ring (bicyclic) bond motifs is 1. The van der Waals surface area contributed by atoms with Crippen LogP contribution < -0.4 is 10.6 Å². The van der Waals surface area contributed by atoms with Crippen LogP contribution in [0.4, 0.5) is 18.9 Å². The Labute approximate surface area is 186 Å². The molecule has 4 aromatic rings. The molecule has 0 aliphatic heterocycles. The van der Waals surface area contributed by atoms with Crippen molar-refractivity contribution in [2.24, 2.45) is 0 Å². The number of anilines is 1. The minimum absolute atomic E-state index is 0.00972. The summed E-state index contributed by atoms with van der Waals surface area (Å²) in [6, 6.07) is 15.5. The number of nitrogens with zero attached hydrogens (tertiary/aromatic N) is 3. The zero-order valence-electron chi connectivity index (χ0n) is 17.3. The van der Waals surface area contributed by atoms with Crippen LogP contribution in [-0.4, -0.2) is 39.1 Å². The third-order valence-corrected chi connectivity index (χ3v) is 4.91. The van der Waals surface area contributed by atoms with Crippen molar-refractivity contribution < 1.29 is 22.8 Å². The van der Waals surface area contributed by atoms with Crippen molar-refractivity contribution in [1.82, 2.24) is 19.9 Å². The Balaban J connectivity index is 1.59. The van der Waals surface area contributed by atoms with Gasteiger partial charge in [-0.05, 0) is 30.7 Å². The normalized spacial score (nSPS) is 11.4. The predicted molar refractivity (Wildman–Crippen MR) is 116 cm³/mol. The maximum atomic E-state index is 13.0. The molecule has 2 heterocycles. The number of alkyl halides is 3. The highest BCUT2D eigenvalue weighted by Gasteiger charge is 2.28. The van der Waals surface area contributed by atoms with Gasteiger partial charge in [0, 0.05) is 23.0 Å². The van der Waals surface area contributed by atoms with Crippen LogP contribution >= 0.6 is 0 Å². The summed E-state index contributed by atoms with van der Waals surface area (Å²) in [5, 5.41) is 8.81. The predicted octanol–water partition coefficient (Wildman–Crippen LogP) is 4.25. The number of halogens is 3. The minimum Gasteiger partial charge on any atom is -0.343 e. The maximum Gasteiger partial charge on any atom is 0.405 e. The molecule has 0 fully saturated rings. The number of aryl methyl sites for hydroxylation is 1. The van der Waals surface area contributed by atoms with Crippen LogP contribution in [0, 0.1) is 6.92 Å². The minimum atomic E-state index is -4.52. The summed E-state index contributed by atoms with van der Waals surface area (Å²) in [6.07, 6.45) is -1.56. The highest BCUT2D eigenvalue weighted by molar-refractivity contribution is 6.09. The van der Waals surface area contributed by atoms with Gasteiger partial charge in [0.1, 0.15) is 12.1 Å². The number of carbonyl (C=O) groups excluding carboxylic acids is 2. The van der Waals surface area contributed by atoms with Crippen LogP contribution in [0.5, 0.6) is 0 Å². The molecule has 7 nitrogen and oxygen atoms in total. The lowest BCUT2D eigenvalue weighted by Crippen LogP contribution is -2.33. The Kier molecular flexibility index (Phi) is 5.82. The molecule has 0 unspecified atom stereocenters. The summed E-state index contributed by atoms with van der Waals surface area (Å²) in [5.74, 6) is -1.41. The third kappa shape index (κ3) is 4.84. The molecular weight excluding hydrogens is 435 g/mol. The van der Waals surface area contributed by atoms with Crippen molar-refractivity contribution in [2.45, 2.75) is 13.1 Å². The van der Waals surface area contributed by atoms with E-state index in [1.807, 2.05) is 35.6 Å². The molecule has 2 aromatic carbocycles. The topological polar surface area (TPSA) is 88.4 Å². The second-order valence-electron chi connectivity index (χ2n) is 7.27.